The molecule has 1 aromatic carbocycles. The number of nitrogens with one attached hydrogen (secondary N) is 1. The monoisotopic (exact) mass is 377 g/mol. The van der Waals surface area contributed by atoms with Crippen LogP contribution in [-0.2, 0) is 14.8 Å². The topological polar surface area (TPSA) is 69.7 Å². The van der Waals surface area contributed by atoms with Gasteiger partial charge in [0.2, 0.25) is 15.9 Å². The summed E-state index contributed by atoms with van der Waals surface area (Å²) in [5.41, 5.74) is 0.872. The molecule has 6 nitrogen and oxygen atoms in total. The van der Waals surface area contributed by atoms with Crippen molar-refractivity contribution in [1.82, 2.24) is 9.62 Å². The normalized spacial score (nSPS) is 17.5. The van der Waals surface area contributed by atoms with Gasteiger partial charge in [-0.1, -0.05) is 0 Å². The summed E-state index contributed by atoms with van der Waals surface area (Å²) in [5.74, 6) is -0.833. The second kappa shape index (κ2) is 8.13. The molecule has 2 rings (SSSR count). The van der Waals surface area contributed by atoms with Crippen LogP contribution >= 0.6 is 11.6 Å². The van der Waals surface area contributed by atoms with Gasteiger partial charge in [0.1, 0.15) is 11.2 Å². The summed E-state index contributed by atoms with van der Waals surface area (Å²) in [5, 5.41) is 1.81. The number of halogens is 2. The van der Waals surface area contributed by atoms with Gasteiger partial charge < -0.3 is 10.2 Å². The highest BCUT2D eigenvalue weighted by atomic mass is 35.5. The highest BCUT2D eigenvalue weighted by molar-refractivity contribution is 7.89. The first kappa shape index (κ1) is 19.0. The van der Waals surface area contributed by atoms with E-state index < -0.39 is 15.4 Å². The quantitative estimate of drug-likeness (QED) is 0.751. The third kappa shape index (κ3) is 5.06. The van der Waals surface area contributed by atoms with Gasteiger partial charge >= 0.3 is 0 Å². The van der Waals surface area contributed by atoms with Crippen LogP contribution in [0.15, 0.2) is 24.3 Å². The van der Waals surface area contributed by atoms with Crippen molar-refractivity contribution in [3.05, 3.63) is 30.1 Å². The maximum absolute atomic E-state index is 13.0. The van der Waals surface area contributed by atoms with Gasteiger partial charge in [0.25, 0.3) is 0 Å². The number of amides is 1. The Morgan fingerprint density at radius 2 is 1.83 bits per heavy atom. The minimum absolute atomic E-state index is 0.0381. The summed E-state index contributed by atoms with van der Waals surface area (Å²) < 4.78 is 39.0. The lowest BCUT2D eigenvalue weighted by Crippen LogP contribution is -2.50. The zero-order chi connectivity index (χ0) is 17.7. The van der Waals surface area contributed by atoms with Gasteiger partial charge in [0, 0.05) is 38.4 Å². The maximum atomic E-state index is 13.0. The Bertz CT molecular complexity index is 659. The molecule has 0 spiro atoms. The number of anilines is 1. The van der Waals surface area contributed by atoms with E-state index in [0.717, 1.165) is 5.69 Å². The lowest BCUT2D eigenvalue weighted by atomic mass is 10.2. The molecule has 1 heterocycles. The number of alkyl halides is 1. The lowest BCUT2D eigenvalue weighted by Gasteiger charge is -2.35. The Kier molecular flexibility index (Phi) is 6.42. The molecule has 0 aliphatic carbocycles. The summed E-state index contributed by atoms with van der Waals surface area (Å²) in [6, 6.07) is 6.14. The molecule has 1 aliphatic heterocycles. The van der Waals surface area contributed by atoms with Crippen molar-refractivity contribution in [3.63, 3.8) is 0 Å². The second-order valence-electron chi connectivity index (χ2n) is 5.59. The van der Waals surface area contributed by atoms with Crippen molar-refractivity contribution in [3.8, 4) is 0 Å². The van der Waals surface area contributed by atoms with Crippen LogP contribution < -0.4 is 10.2 Å². The van der Waals surface area contributed by atoms with Crippen LogP contribution in [-0.4, -0.2) is 62.5 Å². The molecule has 24 heavy (non-hydrogen) atoms. The summed E-state index contributed by atoms with van der Waals surface area (Å²) in [6.45, 7) is 3.36. The van der Waals surface area contributed by atoms with Crippen LogP contribution in [0.1, 0.15) is 6.92 Å². The predicted octanol–water partition coefficient (Wildman–Crippen LogP) is 1.02. The maximum Gasteiger partial charge on any atom is 0.237 e. The average molecular weight is 378 g/mol. The molecule has 9 heteroatoms. The van der Waals surface area contributed by atoms with Crippen LogP contribution in [0.5, 0.6) is 0 Å². The molecule has 1 fully saturated rings. The summed E-state index contributed by atoms with van der Waals surface area (Å²) >= 11 is 5.61. The zero-order valence-electron chi connectivity index (χ0n) is 13.4. The van der Waals surface area contributed by atoms with Gasteiger partial charge in [-0.15, -0.1) is 11.6 Å². The molecular formula is C15H21ClFN3O3S. The fourth-order valence-corrected chi connectivity index (χ4v) is 3.86. The second-order valence-corrected chi connectivity index (χ2v) is 8.33. The SMILES string of the molecule is CC(Cl)C(=O)NCCS(=O)(=O)N1CCN(c2ccc(F)cc2)CC1. The van der Waals surface area contributed by atoms with Crippen molar-refractivity contribution < 1.29 is 17.6 Å². The summed E-state index contributed by atoms with van der Waals surface area (Å²) in [4.78, 5) is 13.4. The Morgan fingerprint density at radius 1 is 1.25 bits per heavy atom. The molecule has 134 valence electrons. The first-order valence-corrected chi connectivity index (χ1v) is 9.74. The van der Waals surface area contributed by atoms with E-state index in [1.165, 1.54) is 23.4 Å². The van der Waals surface area contributed by atoms with Crippen LogP contribution in [0, 0.1) is 5.82 Å². The van der Waals surface area contributed by atoms with Crippen molar-refractivity contribution in [1.29, 1.82) is 0 Å². The largest absolute Gasteiger partial charge is 0.369 e. The van der Waals surface area contributed by atoms with Gasteiger partial charge in [-0.25, -0.2) is 12.8 Å². The fraction of sp³-hybridized carbons (Fsp3) is 0.533. The third-order valence-corrected chi connectivity index (χ3v) is 5.91. The van der Waals surface area contributed by atoms with E-state index in [0.29, 0.717) is 26.2 Å². The molecular weight excluding hydrogens is 357 g/mol. The highest BCUT2D eigenvalue weighted by Gasteiger charge is 2.27. The molecule has 0 saturated carbocycles. The van der Waals surface area contributed by atoms with Gasteiger partial charge in [-0.3, -0.25) is 4.79 Å². The summed E-state index contributed by atoms with van der Waals surface area (Å²) in [7, 11) is -3.43. The number of rotatable bonds is 6. The molecule has 1 N–H and O–H groups in total. The number of benzene rings is 1. The minimum Gasteiger partial charge on any atom is -0.369 e. The molecule has 1 saturated heterocycles. The number of hydrogen-bond acceptors (Lipinski definition) is 4. The zero-order valence-corrected chi connectivity index (χ0v) is 15.0. The van der Waals surface area contributed by atoms with Crippen LogP contribution in [0.4, 0.5) is 10.1 Å². The van der Waals surface area contributed by atoms with Crippen molar-refractivity contribution in [2.24, 2.45) is 0 Å². The van der Waals surface area contributed by atoms with Gasteiger partial charge in [-0.05, 0) is 31.2 Å². The number of hydrogen-bond donors (Lipinski definition) is 1. The van der Waals surface area contributed by atoms with E-state index in [1.807, 2.05) is 4.90 Å². The number of nitrogens with zero attached hydrogens (tertiary/aromatic N) is 2. The Hall–Kier alpha value is -1.38. The average Bonchev–Trinajstić information content (AvgIpc) is 2.55. The van der Waals surface area contributed by atoms with Crippen LogP contribution in [0.25, 0.3) is 0 Å². The smallest absolute Gasteiger partial charge is 0.237 e. The Balaban J connectivity index is 1.84. The standard InChI is InChI=1S/C15H21ClFN3O3S/c1-12(16)15(21)18-6-11-24(22,23)20-9-7-19(8-10-20)14-4-2-13(17)3-5-14/h2-5,12H,6-11H2,1H3,(H,18,21). The van der Waals surface area contributed by atoms with E-state index >= 15 is 0 Å². The molecule has 0 bridgehead atoms. The number of piperazine rings is 1. The number of carbonyl (C=O) groups is 1. The van der Waals surface area contributed by atoms with Gasteiger partial charge in [-0.2, -0.15) is 4.31 Å². The fourth-order valence-electron chi connectivity index (χ4n) is 2.45. The van der Waals surface area contributed by atoms with Crippen LogP contribution in [0.3, 0.4) is 0 Å². The van der Waals surface area contributed by atoms with E-state index in [4.69, 9.17) is 11.6 Å². The molecule has 1 unspecified atom stereocenters. The van der Waals surface area contributed by atoms with Gasteiger partial charge in [0.15, 0.2) is 0 Å². The molecule has 0 aromatic heterocycles. The lowest BCUT2D eigenvalue weighted by molar-refractivity contribution is -0.120. The molecule has 1 atom stereocenters. The third-order valence-electron chi connectivity index (χ3n) is 3.84. The molecule has 1 aliphatic rings. The predicted molar refractivity (Wildman–Crippen MR) is 92.3 cm³/mol. The molecule has 0 radical (unpaired) electrons. The van der Waals surface area contributed by atoms with E-state index in [9.17, 15) is 17.6 Å². The van der Waals surface area contributed by atoms with E-state index in [2.05, 4.69) is 5.32 Å². The highest BCUT2D eigenvalue weighted by Crippen LogP contribution is 2.18. The first-order chi connectivity index (χ1) is 11.3. The van der Waals surface area contributed by atoms with E-state index in [-0.39, 0.29) is 24.0 Å². The minimum atomic E-state index is -3.43. The number of carbonyl (C=O) groups excluding carboxylic acids is 1. The first-order valence-electron chi connectivity index (χ1n) is 7.70. The van der Waals surface area contributed by atoms with Crippen LogP contribution in [0.2, 0.25) is 0 Å². The summed E-state index contributed by atoms with van der Waals surface area (Å²) in [6.07, 6.45) is 0. The Morgan fingerprint density at radius 3 is 2.38 bits per heavy atom. The van der Waals surface area contributed by atoms with Crippen molar-refractivity contribution in [2.75, 3.05) is 43.4 Å². The molecule has 1 amide bonds. The van der Waals surface area contributed by atoms with Crippen molar-refractivity contribution in [2.45, 2.75) is 12.3 Å². The Labute approximate surface area is 146 Å². The van der Waals surface area contributed by atoms with Gasteiger partial charge in [0.05, 0.1) is 5.75 Å². The van der Waals surface area contributed by atoms with Crippen molar-refractivity contribution >= 4 is 33.2 Å². The molecule has 1 aromatic rings. The van der Waals surface area contributed by atoms with E-state index in [1.54, 1.807) is 12.1 Å². The number of sulfonamides is 1.